The van der Waals surface area contributed by atoms with Crippen molar-refractivity contribution in [1.82, 2.24) is 24.5 Å². The molecule has 182 valence electrons. The van der Waals surface area contributed by atoms with E-state index in [1.807, 2.05) is 36.9 Å². The van der Waals surface area contributed by atoms with E-state index in [1.165, 1.54) is 0 Å². The molecule has 0 unspecified atom stereocenters. The molecule has 0 aliphatic rings. The Balaban J connectivity index is 0.000000406. The highest BCUT2D eigenvalue weighted by Gasteiger charge is 2.38. The van der Waals surface area contributed by atoms with Gasteiger partial charge in [-0.1, -0.05) is 6.07 Å². The van der Waals surface area contributed by atoms with Crippen molar-refractivity contribution in [1.29, 1.82) is 0 Å². The molecule has 10 nitrogen and oxygen atoms in total. The number of halogens is 3. The molecular weight excluding hydrogens is 455 g/mol. The number of hydrogen-bond acceptors (Lipinski definition) is 7. The van der Waals surface area contributed by atoms with Crippen LogP contribution in [-0.4, -0.2) is 62.5 Å². The Bertz CT molecular complexity index is 1300. The number of imidazole rings is 1. The van der Waals surface area contributed by atoms with Crippen LogP contribution in [-0.2, 0) is 16.6 Å². The molecule has 0 spiro atoms. The summed E-state index contributed by atoms with van der Waals surface area (Å²) in [7, 11) is 5.50. The first-order valence-corrected chi connectivity index (χ1v) is 10.1. The number of aryl methyl sites for hydroxylation is 1. The number of methoxy groups -OCH3 is 1. The SMILES string of the molecule is CNc1nc2[nH]c(-c3cccc([C@@H](N)CCOC)n3)cc2c2c1ncn2C.O=C(O)C(F)(F)F. The lowest BCUT2D eigenvalue weighted by Gasteiger charge is -2.11. The lowest BCUT2D eigenvalue weighted by atomic mass is 10.1. The summed E-state index contributed by atoms with van der Waals surface area (Å²) >= 11 is 0. The topological polar surface area (TPSA) is 144 Å². The number of aliphatic carboxylic acids is 1. The number of fused-ring (bicyclic) bond motifs is 3. The number of ether oxygens (including phenoxy) is 1. The van der Waals surface area contributed by atoms with E-state index in [9.17, 15) is 13.2 Å². The molecule has 4 aromatic heterocycles. The number of H-pyrrole nitrogens is 1. The largest absolute Gasteiger partial charge is 0.490 e. The van der Waals surface area contributed by atoms with Crippen LogP contribution in [0.5, 0.6) is 0 Å². The van der Waals surface area contributed by atoms with Crippen LogP contribution in [0.25, 0.3) is 33.5 Å². The number of carbonyl (C=O) groups is 1. The minimum absolute atomic E-state index is 0.160. The third-order valence-corrected chi connectivity index (χ3v) is 4.98. The molecule has 0 saturated carbocycles. The molecule has 0 aromatic carbocycles. The van der Waals surface area contributed by atoms with Crippen LogP contribution in [0.4, 0.5) is 19.0 Å². The van der Waals surface area contributed by atoms with Gasteiger partial charge in [0.15, 0.2) is 5.82 Å². The van der Waals surface area contributed by atoms with Gasteiger partial charge in [0.25, 0.3) is 0 Å². The fourth-order valence-corrected chi connectivity index (χ4v) is 3.31. The maximum Gasteiger partial charge on any atom is 0.490 e. The summed E-state index contributed by atoms with van der Waals surface area (Å²) in [5.74, 6) is -2.01. The quantitative estimate of drug-likeness (QED) is 0.330. The van der Waals surface area contributed by atoms with Crippen molar-refractivity contribution in [3.8, 4) is 11.4 Å². The average Bonchev–Trinajstić information content (AvgIpc) is 3.40. The van der Waals surface area contributed by atoms with E-state index >= 15 is 0 Å². The number of anilines is 1. The van der Waals surface area contributed by atoms with Crippen molar-refractivity contribution in [3.63, 3.8) is 0 Å². The molecule has 13 heteroatoms. The second-order valence-corrected chi connectivity index (χ2v) is 7.35. The van der Waals surface area contributed by atoms with Gasteiger partial charge in [-0.2, -0.15) is 13.2 Å². The van der Waals surface area contributed by atoms with Gasteiger partial charge in [0.1, 0.15) is 11.2 Å². The lowest BCUT2D eigenvalue weighted by molar-refractivity contribution is -0.192. The van der Waals surface area contributed by atoms with Crippen molar-refractivity contribution in [2.45, 2.75) is 18.6 Å². The number of carboxylic acids is 1. The van der Waals surface area contributed by atoms with E-state index in [0.717, 1.165) is 51.4 Å². The minimum Gasteiger partial charge on any atom is -0.475 e. The van der Waals surface area contributed by atoms with Crippen LogP contribution in [0, 0.1) is 0 Å². The molecule has 0 amide bonds. The number of nitrogens with one attached hydrogen (secondary N) is 2. The third-order valence-electron chi connectivity index (χ3n) is 4.98. The summed E-state index contributed by atoms with van der Waals surface area (Å²) in [6, 6.07) is 7.80. The van der Waals surface area contributed by atoms with Crippen molar-refractivity contribution in [3.05, 3.63) is 36.3 Å². The molecule has 0 saturated heterocycles. The molecular formula is C21H24F3N7O3. The number of aromatic nitrogens is 5. The van der Waals surface area contributed by atoms with Gasteiger partial charge in [-0.25, -0.2) is 19.7 Å². The van der Waals surface area contributed by atoms with Crippen LogP contribution in [0.15, 0.2) is 30.6 Å². The highest BCUT2D eigenvalue weighted by molar-refractivity contribution is 6.07. The zero-order valence-electron chi connectivity index (χ0n) is 18.6. The fourth-order valence-electron chi connectivity index (χ4n) is 3.31. The van der Waals surface area contributed by atoms with Crippen molar-refractivity contribution < 1.29 is 27.8 Å². The zero-order chi connectivity index (χ0) is 25.0. The smallest absolute Gasteiger partial charge is 0.475 e. The minimum atomic E-state index is -5.08. The maximum absolute atomic E-state index is 10.6. The molecule has 34 heavy (non-hydrogen) atoms. The van der Waals surface area contributed by atoms with Crippen molar-refractivity contribution in [2.24, 2.45) is 12.8 Å². The highest BCUT2D eigenvalue weighted by Crippen LogP contribution is 2.31. The summed E-state index contributed by atoms with van der Waals surface area (Å²) < 4.78 is 38.9. The van der Waals surface area contributed by atoms with Crippen LogP contribution in [0.1, 0.15) is 18.2 Å². The van der Waals surface area contributed by atoms with Crippen LogP contribution in [0.3, 0.4) is 0 Å². The predicted octanol–water partition coefficient (Wildman–Crippen LogP) is 3.22. The lowest BCUT2D eigenvalue weighted by Crippen LogP contribution is -2.21. The average molecular weight is 479 g/mol. The molecule has 4 aromatic rings. The van der Waals surface area contributed by atoms with E-state index in [2.05, 4.69) is 26.3 Å². The van der Waals surface area contributed by atoms with Gasteiger partial charge in [0, 0.05) is 39.2 Å². The maximum atomic E-state index is 10.6. The van der Waals surface area contributed by atoms with Gasteiger partial charge in [-0.15, -0.1) is 0 Å². The van der Waals surface area contributed by atoms with Crippen LogP contribution in [0.2, 0.25) is 0 Å². The monoisotopic (exact) mass is 479 g/mol. The molecule has 0 radical (unpaired) electrons. The van der Waals surface area contributed by atoms with Gasteiger partial charge in [-0.05, 0) is 24.6 Å². The summed E-state index contributed by atoms with van der Waals surface area (Å²) in [5.41, 5.74) is 11.5. The molecule has 0 aliphatic heterocycles. The second-order valence-electron chi connectivity index (χ2n) is 7.35. The Morgan fingerprint density at radius 1 is 1.35 bits per heavy atom. The summed E-state index contributed by atoms with van der Waals surface area (Å²) in [6.45, 7) is 0.606. The highest BCUT2D eigenvalue weighted by atomic mass is 19.4. The molecule has 5 N–H and O–H groups in total. The first-order valence-electron chi connectivity index (χ1n) is 10.1. The summed E-state index contributed by atoms with van der Waals surface area (Å²) in [5, 5.41) is 11.3. The third kappa shape index (κ3) is 5.26. The zero-order valence-corrected chi connectivity index (χ0v) is 18.6. The number of aromatic amines is 1. The van der Waals surface area contributed by atoms with Gasteiger partial charge < -0.3 is 30.4 Å². The Labute approximate surface area is 192 Å². The van der Waals surface area contributed by atoms with Gasteiger partial charge in [0.05, 0.1) is 28.9 Å². The molecule has 4 rings (SSSR count). The first-order chi connectivity index (χ1) is 16.1. The van der Waals surface area contributed by atoms with Gasteiger partial charge in [0.2, 0.25) is 0 Å². The van der Waals surface area contributed by atoms with Crippen LogP contribution >= 0.6 is 0 Å². The fraction of sp³-hybridized carbons (Fsp3) is 0.333. The molecule has 0 aliphatic carbocycles. The molecule has 4 heterocycles. The number of hydrogen-bond donors (Lipinski definition) is 4. The summed E-state index contributed by atoms with van der Waals surface area (Å²) in [6.07, 6.45) is -2.56. The number of alkyl halides is 3. The Kier molecular flexibility index (Phi) is 7.37. The van der Waals surface area contributed by atoms with E-state index in [0.29, 0.717) is 6.61 Å². The van der Waals surface area contributed by atoms with E-state index in [4.69, 9.17) is 25.4 Å². The van der Waals surface area contributed by atoms with E-state index in [1.54, 1.807) is 13.4 Å². The standard InChI is InChI=1S/C19H23N7O.C2HF3O2/c1-21-19-16-17(26(2)10-22-16)11-9-15(24-18(11)25-19)14-6-4-5-13(23-14)12(20)7-8-27-3;3-2(4,5)1(6)7/h4-6,9-10,12H,7-8,20H2,1-3H3,(H2,21,24,25);(H,6,7)/t12-;/m0./s1. The van der Waals surface area contributed by atoms with Gasteiger partial charge >= 0.3 is 12.1 Å². The summed E-state index contributed by atoms with van der Waals surface area (Å²) in [4.78, 5) is 26.2. The molecule has 1 atom stereocenters. The van der Waals surface area contributed by atoms with E-state index < -0.39 is 12.1 Å². The van der Waals surface area contributed by atoms with E-state index in [-0.39, 0.29) is 6.04 Å². The number of carboxylic acid groups (broad SMARTS) is 1. The number of nitrogens with zero attached hydrogens (tertiary/aromatic N) is 4. The van der Waals surface area contributed by atoms with Crippen molar-refractivity contribution in [2.75, 3.05) is 26.1 Å². The first kappa shape index (κ1) is 24.9. The van der Waals surface area contributed by atoms with Crippen molar-refractivity contribution >= 4 is 33.9 Å². The normalized spacial score (nSPS) is 12.4. The molecule has 0 bridgehead atoms. The second kappa shape index (κ2) is 10.1. The van der Waals surface area contributed by atoms with Crippen LogP contribution < -0.4 is 11.1 Å². The van der Waals surface area contributed by atoms with Gasteiger partial charge in [-0.3, -0.25) is 0 Å². The number of nitrogens with two attached hydrogens (primary N) is 1. The predicted molar refractivity (Wildman–Crippen MR) is 120 cm³/mol. The number of pyridine rings is 2. The Morgan fingerprint density at radius 2 is 2.06 bits per heavy atom. The molecule has 0 fully saturated rings. The Hall–Kier alpha value is -3.71. The number of rotatable bonds is 6. The Morgan fingerprint density at radius 3 is 2.68 bits per heavy atom.